The number of sulfonamides is 1. The van der Waals surface area contributed by atoms with E-state index in [1.807, 2.05) is 30.3 Å². The summed E-state index contributed by atoms with van der Waals surface area (Å²) in [5, 5.41) is 3.18. The monoisotopic (exact) mass is 444 g/mol. The van der Waals surface area contributed by atoms with Crippen molar-refractivity contribution in [3.8, 4) is 5.75 Å². The predicted molar refractivity (Wildman–Crippen MR) is 117 cm³/mol. The van der Waals surface area contributed by atoms with Crippen molar-refractivity contribution in [2.24, 2.45) is 0 Å². The van der Waals surface area contributed by atoms with E-state index in [0.29, 0.717) is 16.5 Å². The van der Waals surface area contributed by atoms with Crippen LogP contribution >= 0.6 is 11.6 Å². The van der Waals surface area contributed by atoms with Crippen LogP contribution in [0.3, 0.4) is 0 Å². The molecule has 0 bridgehead atoms. The van der Waals surface area contributed by atoms with Gasteiger partial charge >= 0.3 is 0 Å². The third kappa shape index (κ3) is 5.82. The van der Waals surface area contributed by atoms with Crippen molar-refractivity contribution < 1.29 is 17.9 Å². The van der Waals surface area contributed by atoms with Crippen LogP contribution in [0.2, 0.25) is 5.02 Å². The molecule has 2 N–H and O–H groups in total. The fourth-order valence-electron chi connectivity index (χ4n) is 2.81. The van der Waals surface area contributed by atoms with Gasteiger partial charge in [0.2, 0.25) is 15.9 Å². The van der Waals surface area contributed by atoms with E-state index in [0.717, 1.165) is 5.56 Å². The van der Waals surface area contributed by atoms with Gasteiger partial charge in [0.1, 0.15) is 11.8 Å². The third-order valence-electron chi connectivity index (χ3n) is 4.38. The molecule has 0 aromatic heterocycles. The molecular formula is C22H21ClN2O4S. The molecule has 0 aliphatic heterocycles. The highest BCUT2D eigenvalue weighted by molar-refractivity contribution is 7.89. The Morgan fingerprint density at radius 3 is 2.20 bits per heavy atom. The summed E-state index contributed by atoms with van der Waals surface area (Å²) in [6.07, 6.45) is 0.190. The molecule has 0 heterocycles. The van der Waals surface area contributed by atoms with Gasteiger partial charge in [-0.2, -0.15) is 4.72 Å². The molecule has 6 nitrogen and oxygen atoms in total. The Bertz CT molecular complexity index is 1090. The number of carbonyl (C=O) groups excluding carboxylic acids is 1. The van der Waals surface area contributed by atoms with Gasteiger partial charge in [-0.05, 0) is 60.5 Å². The fourth-order valence-corrected chi connectivity index (χ4v) is 4.13. The predicted octanol–water partition coefficient (Wildman–Crippen LogP) is 3.88. The number of methoxy groups -OCH3 is 1. The standard InChI is InChI=1S/C22H21ClN2O4S/c1-29-19-11-9-18(10-12-19)24-22(26)21(15-16-5-3-2-4-6-16)25-30(27,28)20-13-7-17(23)8-14-20/h2-14,21,25H,15H2,1H3,(H,24,26). The number of hydrogen-bond acceptors (Lipinski definition) is 4. The quantitative estimate of drug-likeness (QED) is 0.552. The Kier molecular flexibility index (Phi) is 7.10. The smallest absolute Gasteiger partial charge is 0.242 e. The second-order valence-corrected chi connectivity index (χ2v) is 8.69. The molecule has 3 rings (SSSR count). The van der Waals surface area contributed by atoms with E-state index in [9.17, 15) is 13.2 Å². The largest absolute Gasteiger partial charge is 0.497 e. The summed E-state index contributed by atoms with van der Waals surface area (Å²) < 4.78 is 33.3. The van der Waals surface area contributed by atoms with Gasteiger partial charge in [-0.25, -0.2) is 8.42 Å². The minimum atomic E-state index is -3.93. The highest BCUT2D eigenvalue weighted by Gasteiger charge is 2.26. The van der Waals surface area contributed by atoms with E-state index >= 15 is 0 Å². The normalized spacial score (nSPS) is 12.2. The molecular weight excluding hydrogens is 424 g/mol. The van der Waals surface area contributed by atoms with Gasteiger partial charge in [-0.1, -0.05) is 41.9 Å². The Labute approximate surface area is 180 Å². The number of anilines is 1. The van der Waals surface area contributed by atoms with Crippen LogP contribution in [0.4, 0.5) is 5.69 Å². The van der Waals surface area contributed by atoms with Crippen molar-refractivity contribution in [1.29, 1.82) is 0 Å². The Hall–Kier alpha value is -2.87. The lowest BCUT2D eigenvalue weighted by Crippen LogP contribution is -2.45. The summed E-state index contributed by atoms with van der Waals surface area (Å²) in [6.45, 7) is 0. The number of halogens is 1. The van der Waals surface area contributed by atoms with Crippen LogP contribution in [0.25, 0.3) is 0 Å². The Morgan fingerprint density at radius 1 is 0.967 bits per heavy atom. The number of ether oxygens (including phenoxy) is 1. The topological polar surface area (TPSA) is 84.5 Å². The molecule has 156 valence electrons. The summed E-state index contributed by atoms with van der Waals surface area (Å²) in [4.78, 5) is 13.0. The van der Waals surface area contributed by atoms with Crippen LogP contribution in [-0.4, -0.2) is 27.5 Å². The first-order valence-electron chi connectivity index (χ1n) is 9.14. The molecule has 0 radical (unpaired) electrons. The summed E-state index contributed by atoms with van der Waals surface area (Å²) in [5.41, 5.74) is 1.36. The van der Waals surface area contributed by atoms with E-state index in [1.165, 1.54) is 24.3 Å². The number of benzene rings is 3. The van der Waals surface area contributed by atoms with Gasteiger partial charge in [0.25, 0.3) is 0 Å². The number of rotatable bonds is 8. The van der Waals surface area contributed by atoms with Crippen LogP contribution < -0.4 is 14.8 Å². The highest BCUT2D eigenvalue weighted by Crippen LogP contribution is 2.18. The summed E-state index contributed by atoms with van der Waals surface area (Å²) in [5.74, 6) is 0.179. The van der Waals surface area contributed by atoms with Crippen molar-refractivity contribution >= 4 is 33.2 Å². The van der Waals surface area contributed by atoms with Gasteiger partial charge < -0.3 is 10.1 Å². The summed E-state index contributed by atoms with van der Waals surface area (Å²) in [7, 11) is -2.38. The first-order chi connectivity index (χ1) is 14.4. The maximum Gasteiger partial charge on any atom is 0.242 e. The molecule has 1 atom stereocenters. The van der Waals surface area contributed by atoms with E-state index in [4.69, 9.17) is 16.3 Å². The second kappa shape index (κ2) is 9.75. The first kappa shape index (κ1) is 21.8. The van der Waals surface area contributed by atoms with Crippen molar-refractivity contribution in [3.63, 3.8) is 0 Å². The summed E-state index contributed by atoms with van der Waals surface area (Å²) in [6, 6.07) is 20.7. The maximum absolute atomic E-state index is 12.9. The van der Waals surface area contributed by atoms with E-state index in [2.05, 4.69) is 10.0 Å². The number of carbonyl (C=O) groups is 1. The lowest BCUT2D eigenvalue weighted by molar-refractivity contribution is -0.117. The van der Waals surface area contributed by atoms with Crippen LogP contribution in [0, 0.1) is 0 Å². The molecule has 8 heteroatoms. The third-order valence-corrected chi connectivity index (χ3v) is 6.12. The molecule has 1 amide bonds. The molecule has 1 unspecified atom stereocenters. The molecule has 0 saturated heterocycles. The van der Waals surface area contributed by atoms with Gasteiger partial charge in [0, 0.05) is 10.7 Å². The van der Waals surface area contributed by atoms with Gasteiger partial charge in [-0.15, -0.1) is 0 Å². The zero-order chi connectivity index (χ0) is 21.6. The molecule has 30 heavy (non-hydrogen) atoms. The van der Waals surface area contributed by atoms with Crippen LogP contribution in [0.5, 0.6) is 5.75 Å². The minimum Gasteiger partial charge on any atom is -0.497 e. The number of hydrogen-bond donors (Lipinski definition) is 2. The fraction of sp³-hybridized carbons (Fsp3) is 0.136. The molecule has 0 aliphatic carbocycles. The van der Waals surface area contributed by atoms with Gasteiger partial charge in [0.15, 0.2) is 0 Å². The molecule has 0 aliphatic rings. The Morgan fingerprint density at radius 2 is 1.60 bits per heavy atom. The van der Waals surface area contributed by atoms with Crippen LogP contribution in [-0.2, 0) is 21.2 Å². The van der Waals surface area contributed by atoms with Crippen molar-refractivity contribution in [3.05, 3.63) is 89.4 Å². The SMILES string of the molecule is COc1ccc(NC(=O)C(Cc2ccccc2)NS(=O)(=O)c2ccc(Cl)cc2)cc1. The zero-order valence-electron chi connectivity index (χ0n) is 16.2. The van der Waals surface area contributed by atoms with Crippen molar-refractivity contribution in [1.82, 2.24) is 4.72 Å². The average molecular weight is 445 g/mol. The van der Waals surface area contributed by atoms with E-state index in [1.54, 1.807) is 31.4 Å². The zero-order valence-corrected chi connectivity index (χ0v) is 17.8. The maximum atomic E-state index is 12.9. The van der Waals surface area contributed by atoms with Gasteiger partial charge in [-0.3, -0.25) is 4.79 Å². The average Bonchev–Trinajstić information content (AvgIpc) is 2.74. The summed E-state index contributed by atoms with van der Waals surface area (Å²) >= 11 is 5.85. The Balaban J connectivity index is 1.83. The molecule has 0 fully saturated rings. The van der Waals surface area contributed by atoms with Crippen LogP contribution in [0.15, 0.2) is 83.8 Å². The lowest BCUT2D eigenvalue weighted by atomic mass is 10.1. The van der Waals surface area contributed by atoms with E-state index in [-0.39, 0.29) is 11.3 Å². The van der Waals surface area contributed by atoms with Gasteiger partial charge in [0.05, 0.1) is 12.0 Å². The molecule has 0 spiro atoms. The van der Waals surface area contributed by atoms with Crippen molar-refractivity contribution in [2.75, 3.05) is 12.4 Å². The molecule has 0 saturated carbocycles. The molecule has 3 aromatic rings. The minimum absolute atomic E-state index is 0.0298. The second-order valence-electron chi connectivity index (χ2n) is 6.54. The highest BCUT2D eigenvalue weighted by atomic mass is 35.5. The lowest BCUT2D eigenvalue weighted by Gasteiger charge is -2.19. The van der Waals surface area contributed by atoms with Crippen LogP contribution in [0.1, 0.15) is 5.56 Å². The van der Waals surface area contributed by atoms with Crippen molar-refractivity contribution in [2.45, 2.75) is 17.4 Å². The first-order valence-corrected chi connectivity index (χ1v) is 11.0. The van der Waals surface area contributed by atoms with E-state index < -0.39 is 22.0 Å². The number of nitrogens with one attached hydrogen (secondary N) is 2. The number of amides is 1. The molecule has 3 aromatic carbocycles.